The predicted molar refractivity (Wildman–Crippen MR) is 39.6 cm³/mol. The molecule has 0 saturated carbocycles. The molecule has 5 heteroatoms. The molecule has 0 aromatic heterocycles. The number of carbonyl (C=O) groups is 1. The second-order valence-corrected chi connectivity index (χ2v) is 3.06. The van der Waals surface area contributed by atoms with Crippen LogP contribution in [0.4, 0.5) is 4.79 Å². The van der Waals surface area contributed by atoms with Gasteiger partial charge in [0.25, 0.3) is 0 Å². The molecule has 0 bridgehead atoms. The first-order valence-electron chi connectivity index (χ1n) is 3.17. The highest BCUT2D eigenvalue weighted by molar-refractivity contribution is 5.58. The minimum absolute atomic E-state index is 0.281. The van der Waals surface area contributed by atoms with E-state index in [1.54, 1.807) is 0 Å². The predicted octanol–water partition coefficient (Wildman–Crippen LogP) is -2.03. The van der Waals surface area contributed by atoms with Crippen LogP contribution in [0.25, 0.3) is 0 Å². The molecule has 0 heterocycles. The van der Waals surface area contributed by atoms with Crippen LogP contribution < -0.4 is 10.8 Å². The van der Waals surface area contributed by atoms with Crippen LogP contribution in [0, 0.1) is 0 Å². The van der Waals surface area contributed by atoms with Crippen molar-refractivity contribution in [1.29, 1.82) is 0 Å². The molecular weight excluding hydrogens is 148 g/mol. The Kier molecular flexibility index (Phi) is 6.92. The molecule has 3 N–H and O–H groups in total. The summed E-state index contributed by atoms with van der Waals surface area (Å²) in [6.45, 7) is 1.11. The molecule has 0 atom stereocenters. The maximum atomic E-state index is 8.67. The number of rotatable bonds is 2. The number of nitrogens with zero attached hydrogens (tertiary/aromatic N) is 1. The maximum absolute atomic E-state index is 8.67. The lowest BCUT2D eigenvalue weighted by Gasteiger charge is -2.21. The summed E-state index contributed by atoms with van der Waals surface area (Å²) in [6.07, 6.45) is -1.58. The summed E-state index contributed by atoms with van der Waals surface area (Å²) in [5.74, 6) is 0. The Morgan fingerprint density at radius 3 is 1.82 bits per heavy atom. The summed E-state index contributed by atoms with van der Waals surface area (Å²) in [7, 11) is 6.16. The number of aliphatic hydroxyl groups is 1. The summed E-state index contributed by atoms with van der Waals surface area (Å²) in [5.41, 5.74) is 3.92. The number of carboxylic acid groups (broad SMARTS) is 1. The lowest BCUT2D eigenvalue weighted by Crippen LogP contribution is -2.36. The van der Waals surface area contributed by atoms with Crippen molar-refractivity contribution < 1.29 is 19.5 Å². The zero-order valence-electron chi connectivity index (χ0n) is 7.20. The van der Waals surface area contributed by atoms with E-state index >= 15 is 0 Å². The third-order valence-corrected chi connectivity index (χ3v) is 0.771. The zero-order chi connectivity index (χ0) is 9.49. The van der Waals surface area contributed by atoms with Gasteiger partial charge in [0.05, 0.1) is 27.7 Å². The molecule has 0 aromatic carbocycles. The molecule has 0 rings (SSSR count). The van der Waals surface area contributed by atoms with Crippen molar-refractivity contribution in [3.63, 3.8) is 0 Å². The average molecular weight is 164 g/mol. The molecule has 0 unspecified atom stereocenters. The minimum atomic E-state index is -1.58. The van der Waals surface area contributed by atoms with E-state index in [1.807, 2.05) is 0 Å². The van der Waals surface area contributed by atoms with Gasteiger partial charge < -0.3 is 25.2 Å². The highest BCUT2D eigenvalue weighted by Gasteiger charge is 2.02. The highest BCUT2D eigenvalue weighted by Crippen LogP contribution is 1.84. The molecule has 0 saturated heterocycles. The molecule has 0 spiro atoms. The number of hydrogen-bond donors (Lipinski definition) is 2. The van der Waals surface area contributed by atoms with Crippen LogP contribution in [0.1, 0.15) is 0 Å². The van der Waals surface area contributed by atoms with Gasteiger partial charge in [-0.25, -0.2) is 0 Å². The largest absolute Gasteiger partial charge is 0.530 e. The smallest absolute Gasteiger partial charge is 0.131 e. The number of carbonyl (C=O) groups excluding carboxylic acids is 1. The Balaban J connectivity index is 0. The zero-order valence-corrected chi connectivity index (χ0v) is 7.20. The van der Waals surface area contributed by atoms with E-state index in [9.17, 15) is 0 Å². The molecule has 68 valence electrons. The third kappa shape index (κ3) is 46.7. The topological polar surface area (TPSA) is 86.4 Å². The molecule has 0 radical (unpaired) electrons. The van der Waals surface area contributed by atoms with Crippen LogP contribution in [-0.2, 0) is 0 Å². The highest BCUT2D eigenvalue weighted by atomic mass is 16.4. The van der Waals surface area contributed by atoms with Gasteiger partial charge in [0, 0.05) is 0 Å². The number of likely N-dealkylation sites (N-methyl/N-ethyl adjacent to an activating group) is 1. The Morgan fingerprint density at radius 1 is 1.55 bits per heavy atom. The van der Waals surface area contributed by atoms with Gasteiger partial charge in [0.15, 0.2) is 0 Å². The molecule has 0 aliphatic rings. The van der Waals surface area contributed by atoms with Crippen LogP contribution in [-0.4, -0.2) is 50.0 Å². The van der Waals surface area contributed by atoms with Crippen LogP contribution >= 0.6 is 0 Å². The number of amides is 1. The second kappa shape index (κ2) is 5.94. The van der Waals surface area contributed by atoms with E-state index in [1.165, 1.54) is 0 Å². The molecule has 1 amide bonds. The fourth-order valence-electron chi connectivity index (χ4n) is 0.300. The summed E-state index contributed by atoms with van der Waals surface area (Å²) in [4.78, 5) is 8.67. The van der Waals surface area contributed by atoms with Crippen molar-refractivity contribution in [2.75, 3.05) is 34.3 Å². The van der Waals surface area contributed by atoms with Crippen molar-refractivity contribution in [2.45, 2.75) is 0 Å². The van der Waals surface area contributed by atoms with Crippen LogP contribution in [0.5, 0.6) is 0 Å². The van der Waals surface area contributed by atoms with Gasteiger partial charge in [-0.2, -0.15) is 0 Å². The van der Waals surface area contributed by atoms with Gasteiger partial charge in [-0.05, 0) is 0 Å². The van der Waals surface area contributed by atoms with Gasteiger partial charge in [0.2, 0.25) is 0 Å². The van der Waals surface area contributed by atoms with Gasteiger partial charge in [0.1, 0.15) is 12.6 Å². The van der Waals surface area contributed by atoms with E-state index < -0.39 is 6.09 Å². The Labute approximate surface area is 66.6 Å². The van der Waals surface area contributed by atoms with Gasteiger partial charge in [-0.1, -0.05) is 0 Å². The molecular formula is C6H16N2O3. The average Bonchev–Trinajstić information content (AvgIpc) is 1.58. The van der Waals surface area contributed by atoms with Crippen molar-refractivity contribution in [3.05, 3.63) is 0 Å². The lowest BCUT2D eigenvalue weighted by atomic mass is 10.5. The first-order valence-corrected chi connectivity index (χ1v) is 3.17. The van der Waals surface area contributed by atoms with E-state index in [0.717, 1.165) is 11.0 Å². The van der Waals surface area contributed by atoms with E-state index in [-0.39, 0.29) is 6.61 Å². The molecule has 0 fully saturated rings. The quantitative estimate of drug-likeness (QED) is 0.462. The first-order chi connectivity index (χ1) is 4.79. The number of nitrogens with two attached hydrogens (primary N) is 1. The Morgan fingerprint density at radius 2 is 1.82 bits per heavy atom. The monoisotopic (exact) mass is 164 g/mol. The van der Waals surface area contributed by atoms with Gasteiger partial charge >= 0.3 is 0 Å². The molecule has 11 heavy (non-hydrogen) atoms. The van der Waals surface area contributed by atoms with Crippen LogP contribution in [0.15, 0.2) is 0 Å². The number of quaternary nitrogens is 1. The maximum Gasteiger partial charge on any atom is 0.131 e. The van der Waals surface area contributed by atoms with E-state index in [2.05, 4.69) is 26.9 Å². The summed E-state index contributed by atoms with van der Waals surface area (Å²) < 4.78 is 0.844. The van der Waals surface area contributed by atoms with Crippen molar-refractivity contribution in [3.8, 4) is 0 Å². The standard InChI is InChI=1S/C5H14NO.CH3NO2/c1-6(2,3)4-5-7;2-1(3)4/h7H,4-5H2,1-3H3;2H2,(H,3,4)/q+1;/p-1. The van der Waals surface area contributed by atoms with E-state index in [0.29, 0.717) is 0 Å². The third-order valence-electron chi connectivity index (χ3n) is 0.771. The fraction of sp³-hybridized carbons (Fsp3) is 0.833. The molecule has 0 aliphatic heterocycles. The Bertz CT molecular complexity index is 105. The normalized spacial score (nSPS) is 9.82. The van der Waals surface area contributed by atoms with Gasteiger partial charge in [-0.3, -0.25) is 0 Å². The molecule has 0 aromatic rings. The van der Waals surface area contributed by atoms with Gasteiger partial charge in [-0.15, -0.1) is 0 Å². The SMILES string of the molecule is C[N+](C)(C)CCO.NC(=O)[O-]. The number of hydrogen-bond acceptors (Lipinski definition) is 3. The lowest BCUT2D eigenvalue weighted by molar-refractivity contribution is -0.870. The summed E-state index contributed by atoms with van der Waals surface area (Å²) >= 11 is 0. The molecule has 5 nitrogen and oxygen atoms in total. The molecule has 0 aliphatic carbocycles. The van der Waals surface area contributed by atoms with Crippen LogP contribution in [0.3, 0.4) is 0 Å². The number of aliphatic hydroxyl groups excluding tert-OH is 1. The van der Waals surface area contributed by atoms with E-state index in [4.69, 9.17) is 15.0 Å². The van der Waals surface area contributed by atoms with Crippen molar-refractivity contribution >= 4 is 6.09 Å². The van der Waals surface area contributed by atoms with Crippen molar-refractivity contribution in [1.82, 2.24) is 0 Å². The fourth-order valence-corrected chi connectivity index (χ4v) is 0.300. The van der Waals surface area contributed by atoms with Crippen molar-refractivity contribution in [2.24, 2.45) is 5.73 Å². The number of primary amides is 1. The first kappa shape index (κ1) is 12.8. The Hall–Kier alpha value is -0.810. The van der Waals surface area contributed by atoms with Crippen LogP contribution in [0.2, 0.25) is 0 Å². The summed E-state index contributed by atoms with van der Waals surface area (Å²) in [5, 5.41) is 17.1. The minimum Gasteiger partial charge on any atom is -0.530 e. The summed E-state index contributed by atoms with van der Waals surface area (Å²) in [6, 6.07) is 0. The second-order valence-electron chi connectivity index (χ2n) is 3.06.